The summed E-state index contributed by atoms with van der Waals surface area (Å²) in [5.74, 6) is -0.0726. The van der Waals surface area contributed by atoms with Crippen LogP contribution in [0.3, 0.4) is 0 Å². The predicted molar refractivity (Wildman–Crippen MR) is 149 cm³/mol. The minimum atomic E-state index is -0.573. The standard InChI is InChI=1S/C28H31N5O5S/c29-21-3-1-2-4-22(21)32-18-10-16(25(28(30)35)31-12-18)9-17-14-39-15-20(17)19-13-37-27-23(34)11-24(38-26(19)27)33-5-7-36-8-6-33/h10-15,21-22,32H,1-9,29H2,(H2,30,35)/p+1/t21-,22+/m1/s1. The molecule has 2 atom stereocenters. The lowest BCUT2D eigenvalue weighted by Gasteiger charge is -2.27. The lowest BCUT2D eigenvalue weighted by atomic mass is 9.91. The normalized spacial score (nSPS) is 19.9. The highest BCUT2D eigenvalue weighted by Crippen LogP contribution is 2.37. The fourth-order valence-electron chi connectivity index (χ4n) is 5.52. The van der Waals surface area contributed by atoms with Gasteiger partial charge in [-0.25, -0.2) is 4.98 Å². The number of furan rings is 1. The zero-order valence-corrected chi connectivity index (χ0v) is 22.4. The van der Waals surface area contributed by atoms with E-state index in [2.05, 4.69) is 16.0 Å². The van der Waals surface area contributed by atoms with Crippen molar-refractivity contribution in [3.8, 4) is 11.1 Å². The van der Waals surface area contributed by atoms with Crippen molar-refractivity contribution in [1.82, 2.24) is 4.98 Å². The maximum atomic E-state index is 12.9. The molecule has 0 unspecified atom stereocenters. The van der Waals surface area contributed by atoms with Crippen LogP contribution in [0.25, 0.3) is 22.3 Å². The number of carbonyl (C=O) groups excluding carboxylic acids is 1. The van der Waals surface area contributed by atoms with Gasteiger partial charge in [0.1, 0.15) is 18.0 Å². The summed E-state index contributed by atoms with van der Waals surface area (Å²) in [5.41, 5.74) is 14.7. The molecule has 0 spiro atoms. The Bertz CT molecular complexity index is 1550. The number of ether oxygens (including phenoxy) is 1. The highest BCUT2D eigenvalue weighted by Gasteiger charge is 2.26. The second kappa shape index (κ2) is 10.8. The van der Waals surface area contributed by atoms with Gasteiger partial charge in [-0.3, -0.25) is 9.59 Å². The van der Waals surface area contributed by atoms with Crippen molar-refractivity contribution in [3.63, 3.8) is 0 Å². The fourth-order valence-corrected chi connectivity index (χ4v) is 6.37. The molecule has 5 heterocycles. The number of pyridine rings is 1. The van der Waals surface area contributed by atoms with Crippen LogP contribution in [-0.2, 0) is 11.2 Å². The Balaban J connectivity index is 1.34. The van der Waals surface area contributed by atoms with E-state index in [1.165, 1.54) is 30.2 Å². The van der Waals surface area contributed by atoms with Crippen LogP contribution in [-0.4, -0.2) is 49.3 Å². The Morgan fingerprint density at radius 1 is 1.13 bits per heavy atom. The van der Waals surface area contributed by atoms with E-state index in [0.29, 0.717) is 55.8 Å². The molecule has 2 aliphatic rings. The Morgan fingerprint density at radius 2 is 1.95 bits per heavy atom. The molecule has 4 aromatic rings. The first-order valence-electron chi connectivity index (χ1n) is 13.3. The fraction of sp³-hybridized carbons (Fsp3) is 0.393. The SMILES string of the molecule is NC(=O)c1ncc(N[C@H]2CCCC[C@H]2[NH3+])cc1Cc1cscc1-c1coc2c(=O)cc(N3CCOCC3)oc12. The Labute approximate surface area is 228 Å². The molecule has 1 saturated carbocycles. The van der Waals surface area contributed by atoms with Gasteiger partial charge in [0.05, 0.1) is 42.8 Å². The molecule has 2 fully saturated rings. The van der Waals surface area contributed by atoms with Crippen LogP contribution in [0.15, 0.2) is 49.0 Å². The van der Waals surface area contributed by atoms with Crippen molar-refractivity contribution in [1.29, 1.82) is 0 Å². The summed E-state index contributed by atoms with van der Waals surface area (Å²) in [4.78, 5) is 31.6. The summed E-state index contributed by atoms with van der Waals surface area (Å²) in [6.45, 7) is 2.45. The lowest BCUT2D eigenvalue weighted by Crippen LogP contribution is -2.68. The van der Waals surface area contributed by atoms with Gasteiger partial charge in [0.15, 0.2) is 11.5 Å². The number of carbonyl (C=O) groups is 1. The van der Waals surface area contributed by atoms with Crippen LogP contribution in [0.5, 0.6) is 0 Å². The van der Waals surface area contributed by atoms with Crippen LogP contribution in [0.1, 0.15) is 47.3 Å². The van der Waals surface area contributed by atoms with Gasteiger partial charge in [-0.1, -0.05) is 6.42 Å². The first-order chi connectivity index (χ1) is 19.0. The average Bonchev–Trinajstić information content (AvgIpc) is 3.57. The maximum Gasteiger partial charge on any atom is 0.267 e. The van der Waals surface area contributed by atoms with Crippen LogP contribution < -0.4 is 27.1 Å². The minimum Gasteiger partial charge on any atom is -0.456 e. The quantitative estimate of drug-likeness (QED) is 0.318. The Morgan fingerprint density at radius 3 is 2.74 bits per heavy atom. The van der Waals surface area contributed by atoms with Crippen molar-refractivity contribution in [3.05, 3.63) is 62.4 Å². The number of nitrogens with two attached hydrogens (primary N) is 1. The molecule has 6 N–H and O–H groups in total. The summed E-state index contributed by atoms with van der Waals surface area (Å²) < 4.78 is 17.4. The van der Waals surface area contributed by atoms with Gasteiger partial charge in [-0.05, 0) is 40.8 Å². The van der Waals surface area contributed by atoms with Crippen LogP contribution >= 0.6 is 11.3 Å². The molecule has 10 nitrogen and oxygen atoms in total. The van der Waals surface area contributed by atoms with Crippen molar-refractivity contribution in [2.45, 2.75) is 44.2 Å². The van der Waals surface area contributed by atoms with E-state index < -0.39 is 5.91 Å². The van der Waals surface area contributed by atoms with Crippen molar-refractivity contribution < 1.29 is 24.1 Å². The second-order valence-electron chi connectivity index (χ2n) is 10.2. The molecule has 1 aliphatic heterocycles. The zero-order valence-electron chi connectivity index (χ0n) is 21.6. The molecule has 4 aromatic heterocycles. The number of rotatable bonds is 7. The third kappa shape index (κ3) is 5.17. The lowest BCUT2D eigenvalue weighted by molar-refractivity contribution is -0.427. The molecule has 0 aromatic carbocycles. The summed E-state index contributed by atoms with van der Waals surface area (Å²) in [6, 6.07) is 4.03. The highest BCUT2D eigenvalue weighted by molar-refractivity contribution is 7.08. The van der Waals surface area contributed by atoms with E-state index in [0.717, 1.165) is 35.2 Å². The van der Waals surface area contributed by atoms with E-state index in [9.17, 15) is 9.59 Å². The second-order valence-corrected chi connectivity index (χ2v) is 11.0. The van der Waals surface area contributed by atoms with Crippen LogP contribution in [0.4, 0.5) is 11.6 Å². The molecular weight excluding hydrogens is 518 g/mol. The summed E-state index contributed by atoms with van der Waals surface area (Å²) in [7, 11) is 0. The molecule has 1 aliphatic carbocycles. The number of morpholine rings is 1. The molecule has 6 rings (SSSR count). The summed E-state index contributed by atoms with van der Waals surface area (Å²) >= 11 is 1.53. The van der Waals surface area contributed by atoms with Crippen molar-refractivity contribution in [2.24, 2.45) is 5.73 Å². The van der Waals surface area contributed by atoms with Crippen molar-refractivity contribution in [2.75, 3.05) is 36.5 Å². The van der Waals surface area contributed by atoms with E-state index in [1.807, 2.05) is 21.7 Å². The van der Waals surface area contributed by atoms with E-state index in [4.69, 9.17) is 19.3 Å². The first kappa shape index (κ1) is 25.6. The zero-order chi connectivity index (χ0) is 26.9. The van der Waals surface area contributed by atoms with Gasteiger partial charge >= 0.3 is 0 Å². The molecule has 1 amide bonds. The predicted octanol–water partition coefficient (Wildman–Crippen LogP) is 3.00. The van der Waals surface area contributed by atoms with Gasteiger partial charge in [-0.2, -0.15) is 11.3 Å². The number of thiophene rings is 1. The molecule has 0 radical (unpaired) electrons. The van der Waals surface area contributed by atoms with Crippen LogP contribution in [0.2, 0.25) is 0 Å². The number of hydrogen-bond donors (Lipinski definition) is 3. The van der Waals surface area contributed by atoms with E-state index in [1.54, 1.807) is 12.5 Å². The Hall–Kier alpha value is -3.67. The van der Waals surface area contributed by atoms with E-state index >= 15 is 0 Å². The topological polar surface area (TPSA) is 151 Å². The molecular formula is C28H32N5O5S+. The number of quaternary nitrogens is 1. The number of hydrogen-bond acceptors (Lipinski definition) is 9. The highest BCUT2D eigenvalue weighted by atomic mass is 32.1. The maximum absolute atomic E-state index is 12.9. The number of anilines is 2. The number of nitrogens with zero attached hydrogens (tertiary/aromatic N) is 2. The average molecular weight is 551 g/mol. The molecule has 11 heteroatoms. The first-order valence-corrected chi connectivity index (χ1v) is 14.2. The summed E-state index contributed by atoms with van der Waals surface area (Å²) in [5, 5.41) is 7.59. The number of primary amides is 1. The van der Waals surface area contributed by atoms with Gasteiger partial charge < -0.3 is 35.3 Å². The number of aromatic nitrogens is 1. The third-order valence-corrected chi connectivity index (χ3v) is 8.42. The smallest absolute Gasteiger partial charge is 0.267 e. The van der Waals surface area contributed by atoms with Gasteiger partial charge in [0, 0.05) is 31.5 Å². The van der Waals surface area contributed by atoms with E-state index in [-0.39, 0.29) is 22.7 Å². The minimum absolute atomic E-state index is 0.181. The van der Waals surface area contributed by atoms with Gasteiger partial charge in [0.2, 0.25) is 11.0 Å². The van der Waals surface area contributed by atoms with Crippen molar-refractivity contribution >= 4 is 40.0 Å². The largest absolute Gasteiger partial charge is 0.456 e. The number of amides is 1. The van der Waals surface area contributed by atoms with Crippen LogP contribution in [0, 0.1) is 0 Å². The van der Waals surface area contributed by atoms with Gasteiger partial charge in [-0.15, -0.1) is 0 Å². The number of nitrogens with one attached hydrogen (secondary N) is 1. The molecule has 0 bridgehead atoms. The summed E-state index contributed by atoms with van der Waals surface area (Å²) in [6.07, 6.45) is 8.19. The monoisotopic (exact) mass is 550 g/mol. The number of fused-ring (bicyclic) bond motifs is 1. The molecule has 39 heavy (non-hydrogen) atoms. The van der Waals surface area contributed by atoms with Gasteiger partial charge in [0.25, 0.3) is 5.91 Å². The molecule has 204 valence electrons. The Kier molecular flexibility index (Phi) is 7.11. The molecule has 1 saturated heterocycles. The third-order valence-electron chi connectivity index (χ3n) is 7.63.